The second kappa shape index (κ2) is 17.0. The van der Waals surface area contributed by atoms with Crippen LogP contribution < -0.4 is 4.90 Å². The van der Waals surface area contributed by atoms with E-state index in [4.69, 9.17) is 0 Å². The summed E-state index contributed by atoms with van der Waals surface area (Å²) in [4.78, 5) is 2.56. The molecular weight excluding hydrogens is 915 g/mol. The molecule has 0 amide bonds. The second-order valence-corrected chi connectivity index (χ2v) is 24.9. The average molecular weight is 982 g/mol. The summed E-state index contributed by atoms with van der Waals surface area (Å²) in [6.07, 6.45) is 0. The van der Waals surface area contributed by atoms with E-state index in [1.165, 1.54) is 111 Å². The van der Waals surface area contributed by atoms with Crippen LogP contribution in [0.5, 0.6) is 0 Å². The van der Waals surface area contributed by atoms with Crippen molar-refractivity contribution in [1.82, 2.24) is 0 Å². The van der Waals surface area contributed by atoms with Crippen molar-refractivity contribution in [1.29, 1.82) is 0 Å². The zero-order chi connectivity index (χ0) is 52.5. The van der Waals surface area contributed by atoms with Crippen LogP contribution in [0, 0.1) is 0 Å². The van der Waals surface area contributed by atoms with Crippen molar-refractivity contribution in [3.8, 4) is 55.6 Å². The smallest absolute Gasteiger partial charge is 0.0714 e. The fourth-order valence-electron chi connectivity index (χ4n) is 13.8. The third kappa shape index (κ3) is 7.04. The van der Waals surface area contributed by atoms with Crippen LogP contribution in [-0.2, 0) is 27.1 Å². The van der Waals surface area contributed by atoms with Crippen LogP contribution >= 0.6 is 0 Å². The molecule has 0 atom stereocenters. The van der Waals surface area contributed by atoms with Crippen molar-refractivity contribution in [2.24, 2.45) is 0 Å². The van der Waals surface area contributed by atoms with E-state index in [2.05, 4.69) is 299 Å². The van der Waals surface area contributed by atoms with Gasteiger partial charge in [0, 0.05) is 27.8 Å². The van der Waals surface area contributed by atoms with Crippen molar-refractivity contribution in [2.45, 2.75) is 96.3 Å². The molecule has 10 aromatic rings. The maximum atomic E-state index is 2.56. The van der Waals surface area contributed by atoms with Crippen LogP contribution in [0.25, 0.3) is 55.6 Å². The van der Waals surface area contributed by atoms with Gasteiger partial charge in [0.05, 0.1) is 11.1 Å². The van der Waals surface area contributed by atoms with E-state index in [0.717, 1.165) is 17.1 Å². The number of anilines is 3. The van der Waals surface area contributed by atoms with Gasteiger partial charge in [-0.15, -0.1) is 0 Å². The summed E-state index contributed by atoms with van der Waals surface area (Å²) in [7, 11) is 0. The minimum absolute atomic E-state index is 0.0404. The van der Waals surface area contributed by atoms with Crippen molar-refractivity contribution < 1.29 is 0 Å². The lowest BCUT2D eigenvalue weighted by molar-refractivity contribution is 0.585. The Morgan fingerprint density at radius 1 is 0.316 bits per heavy atom. The lowest BCUT2D eigenvalue weighted by atomic mass is 9.66. The fraction of sp³-hybridized carbons (Fsp3) is 0.200. The van der Waals surface area contributed by atoms with E-state index < -0.39 is 5.41 Å². The zero-order valence-corrected chi connectivity index (χ0v) is 45.8. The van der Waals surface area contributed by atoms with Crippen LogP contribution in [0.3, 0.4) is 0 Å². The fourth-order valence-corrected chi connectivity index (χ4v) is 13.8. The van der Waals surface area contributed by atoms with E-state index in [1.54, 1.807) is 0 Å². The molecule has 0 spiro atoms. The Morgan fingerprint density at radius 2 is 0.763 bits per heavy atom. The monoisotopic (exact) mass is 982 g/mol. The number of rotatable bonds is 7. The van der Waals surface area contributed by atoms with Crippen molar-refractivity contribution >= 4 is 17.1 Å². The Morgan fingerprint density at radius 3 is 1.38 bits per heavy atom. The zero-order valence-electron chi connectivity index (χ0n) is 45.8. The number of fused-ring (bicyclic) bond motifs is 9. The minimum Gasteiger partial charge on any atom is -0.310 e. The van der Waals surface area contributed by atoms with E-state index in [9.17, 15) is 0 Å². The van der Waals surface area contributed by atoms with Gasteiger partial charge in [0.25, 0.3) is 0 Å². The third-order valence-corrected chi connectivity index (χ3v) is 17.7. The number of nitrogens with zero attached hydrogens (tertiary/aromatic N) is 1. The first-order valence-electron chi connectivity index (χ1n) is 27.4. The van der Waals surface area contributed by atoms with Gasteiger partial charge in [-0.2, -0.15) is 0 Å². The van der Waals surface area contributed by atoms with Crippen molar-refractivity contribution in [3.05, 3.63) is 280 Å². The predicted molar refractivity (Wildman–Crippen MR) is 322 cm³/mol. The van der Waals surface area contributed by atoms with Gasteiger partial charge >= 0.3 is 0 Å². The summed E-state index contributed by atoms with van der Waals surface area (Å²) >= 11 is 0. The first kappa shape index (κ1) is 47.7. The maximum Gasteiger partial charge on any atom is 0.0714 e. The van der Waals surface area contributed by atoms with Crippen molar-refractivity contribution in [2.75, 3.05) is 4.90 Å². The molecule has 76 heavy (non-hydrogen) atoms. The van der Waals surface area contributed by atoms with Gasteiger partial charge in [0.2, 0.25) is 0 Å². The Bertz CT molecular complexity index is 3900. The van der Waals surface area contributed by atoms with E-state index in [0.29, 0.717) is 0 Å². The van der Waals surface area contributed by atoms with Crippen LogP contribution in [-0.4, -0.2) is 0 Å². The lowest BCUT2D eigenvalue weighted by Gasteiger charge is -2.36. The number of benzene rings is 10. The topological polar surface area (TPSA) is 3.24 Å². The Kier molecular flexibility index (Phi) is 10.7. The quantitative estimate of drug-likeness (QED) is 0.154. The largest absolute Gasteiger partial charge is 0.310 e. The van der Waals surface area contributed by atoms with Gasteiger partial charge in [-0.05, 0) is 147 Å². The van der Waals surface area contributed by atoms with Gasteiger partial charge in [0.1, 0.15) is 0 Å². The highest BCUT2D eigenvalue weighted by molar-refractivity contribution is 5.99. The Balaban J connectivity index is 1.04. The molecule has 3 aliphatic rings. The standard InChI is InChI=1S/C75H67N/c1-71(2,3)49-23-19-25-51(45-49)75(52-26-20-24-50(46-52)72(4,5)6)65-36-18-15-31-62(65)69-66(75)37-22-38-68(69)76(54-43-44-59-57-29-13-16-34-63(57)73(7,8)67(59)47-54)53-41-39-48(40-42-53)55-27-11-12-28-56(55)60-32-21-33-61-58-30-14-17-35-64(58)74(9,10)70(60)61/h11-47H,1-10H3. The number of hydrogen-bond acceptors (Lipinski definition) is 1. The molecule has 0 heterocycles. The Labute approximate surface area is 451 Å². The molecule has 3 aliphatic carbocycles. The second-order valence-electron chi connectivity index (χ2n) is 24.9. The molecule has 0 aromatic heterocycles. The molecule has 0 unspecified atom stereocenters. The molecule has 0 aliphatic heterocycles. The maximum absolute atomic E-state index is 2.56. The summed E-state index contributed by atoms with van der Waals surface area (Å²) in [6.45, 7) is 23.6. The van der Waals surface area contributed by atoms with Gasteiger partial charge in [-0.3, -0.25) is 0 Å². The van der Waals surface area contributed by atoms with E-state index in [1.807, 2.05) is 0 Å². The predicted octanol–water partition coefficient (Wildman–Crippen LogP) is 20.1. The van der Waals surface area contributed by atoms with Crippen LogP contribution in [0.1, 0.15) is 125 Å². The summed E-state index contributed by atoms with van der Waals surface area (Å²) < 4.78 is 0. The van der Waals surface area contributed by atoms with E-state index >= 15 is 0 Å². The lowest BCUT2D eigenvalue weighted by Crippen LogP contribution is -2.30. The molecule has 13 rings (SSSR count). The summed E-state index contributed by atoms with van der Waals surface area (Å²) in [6, 6.07) is 85.9. The van der Waals surface area contributed by atoms with Gasteiger partial charge in [0.15, 0.2) is 0 Å². The highest BCUT2D eigenvalue weighted by Crippen LogP contribution is 2.61. The van der Waals surface area contributed by atoms with Crippen LogP contribution in [0.15, 0.2) is 224 Å². The Hall–Kier alpha value is -8.00. The third-order valence-electron chi connectivity index (χ3n) is 17.7. The van der Waals surface area contributed by atoms with Crippen LogP contribution in [0.4, 0.5) is 17.1 Å². The molecular formula is C75H67N. The SMILES string of the molecule is CC(C)(C)c1cccc(C2(c3cccc(C(C)(C)C)c3)c3ccccc3-c3c(N(c4ccc(-c5ccccc5-c5cccc6c5C(C)(C)c5ccccc5-6)cc4)c4ccc5c(c4)C(C)(C)c4ccccc4-5)cccc32)c1. The van der Waals surface area contributed by atoms with Gasteiger partial charge in [-0.25, -0.2) is 0 Å². The molecule has 0 saturated heterocycles. The van der Waals surface area contributed by atoms with Crippen LogP contribution in [0.2, 0.25) is 0 Å². The molecule has 372 valence electrons. The molecule has 0 N–H and O–H groups in total. The molecule has 1 heteroatoms. The molecule has 1 nitrogen and oxygen atoms in total. The molecule has 0 saturated carbocycles. The first-order valence-corrected chi connectivity index (χ1v) is 27.4. The number of hydrogen-bond donors (Lipinski definition) is 0. The van der Waals surface area contributed by atoms with E-state index in [-0.39, 0.29) is 21.7 Å². The summed E-state index contributed by atoms with van der Waals surface area (Å²) in [5.41, 5.74) is 28.6. The molecule has 0 radical (unpaired) electrons. The molecule has 10 aromatic carbocycles. The normalized spacial score (nSPS) is 15.0. The first-order chi connectivity index (χ1) is 36.5. The summed E-state index contributed by atoms with van der Waals surface area (Å²) in [5.74, 6) is 0. The van der Waals surface area contributed by atoms with Crippen molar-refractivity contribution in [3.63, 3.8) is 0 Å². The highest BCUT2D eigenvalue weighted by Gasteiger charge is 2.48. The molecule has 0 bridgehead atoms. The van der Waals surface area contributed by atoms with Gasteiger partial charge in [-0.1, -0.05) is 263 Å². The molecule has 0 fully saturated rings. The minimum atomic E-state index is -0.598. The highest BCUT2D eigenvalue weighted by atomic mass is 15.1. The van der Waals surface area contributed by atoms with Gasteiger partial charge < -0.3 is 4.90 Å². The average Bonchev–Trinajstić information content (AvgIpc) is 4.20. The summed E-state index contributed by atoms with van der Waals surface area (Å²) in [5, 5.41) is 0.